The molecule has 1 unspecified atom stereocenters. The van der Waals surface area contributed by atoms with E-state index >= 15 is 0 Å². The Morgan fingerprint density at radius 3 is 2.48 bits per heavy atom. The number of halogens is 2. The number of nitrogens with one attached hydrogen (secondary N) is 1. The fourth-order valence-electron chi connectivity index (χ4n) is 2.05. The molecule has 0 bridgehead atoms. The molecular weight excluding hydrogens is 333 g/mol. The number of hydrogen-bond donors (Lipinski definition) is 1. The Morgan fingerprint density at radius 1 is 1.17 bits per heavy atom. The van der Waals surface area contributed by atoms with Gasteiger partial charge in [-0.05, 0) is 48.7 Å². The van der Waals surface area contributed by atoms with Gasteiger partial charge in [0, 0.05) is 16.6 Å². The van der Waals surface area contributed by atoms with Gasteiger partial charge in [-0.1, -0.05) is 48.3 Å². The van der Waals surface area contributed by atoms with Crippen LogP contribution in [0.15, 0.2) is 42.5 Å². The molecule has 2 rings (SSSR count). The lowest BCUT2D eigenvalue weighted by Gasteiger charge is -2.15. The molecule has 23 heavy (non-hydrogen) atoms. The van der Waals surface area contributed by atoms with Crippen LogP contribution >= 0.6 is 23.2 Å². The van der Waals surface area contributed by atoms with E-state index in [-0.39, 0.29) is 5.91 Å². The molecule has 2 aromatic carbocycles. The van der Waals surface area contributed by atoms with E-state index in [9.17, 15) is 4.79 Å². The molecule has 1 atom stereocenters. The molecule has 1 amide bonds. The van der Waals surface area contributed by atoms with Crippen molar-refractivity contribution in [2.45, 2.75) is 32.9 Å². The lowest BCUT2D eigenvalue weighted by atomic mass is 10.2. The molecule has 0 radical (unpaired) electrons. The Hall–Kier alpha value is -1.71. The topological polar surface area (TPSA) is 38.3 Å². The summed E-state index contributed by atoms with van der Waals surface area (Å²) in [5.74, 6) is 0.477. The molecule has 0 saturated carbocycles. The molecule has 0 aliphatic heterocycles. The Labute approximate surface area is 146 Å². The molecule has 0 heterocycles. The highest BCUT2D eigenvalue weighted by Gasteiger charge is 2.14. The van der Waals surface area contributed by atoms with Crippen molar-refractivity contribution in [1.82, 2.24) is 5.32 Å². The largest absolute Gasteiger partial charge is 0.481 e. The minimum Gasteiger partial charge on any atom is -0.481 e. The van der Waals surface area contributed by atoms with Gasteiger partial charge in [0.2, 0.25) is 0 Å². The molecule has 3 nitrogen and oxygen atoms in total. The van der Waals surface area contributed by atoms with Gasteiger partial charge in [0.15, 0.2) is 6.10 Å². The second kappa shape index (κ2) is 8.23. The molecule has 0 spiro atoms. The summed E-state index contributed by atoms with van der Waals surface area (Å²) in [6, 6.07) is 12.9. The van der Waals surface area contributed by atoms with Crippen LogP contribution in [-0.2, 0) is 17.8 Å². The molecule has 0 aliphatic carbocycles. The van der Waals surface area contributed by atoms with Crippen LogP contribution in [0.4, 0.5) is 0 Å². The average Bonchev–Trinajstić information content (AvgIpc) is 2.54. The maximum atomic E-state index is 12.1. The molecule has 2 aromatic rings. The monoisotopic (exact) mass is 351 g/mol. The molecule has 0 fully saturated rings. The normalized spacial score (nSPS) is 11.8. The predicted molar refractivity (Wildman–Crippen MR) is 94.2 cm³/mol. The molecule has 1 N–H and O–H groups in total. The molecule has 0 aromatic heterocycles. The predicted octanol–water partition coefficient (Wildman–Crippen LogP) is 4.64. The van der Waals surface area contributed by atoms with Crippen molar-refractivity contribution < 1.29 is 9.53 Å². The van der Waals surface area contributed by atoms with E-state index < -0.39 is 6.10 Å². The van der Waals surface area contributed by atoms with E-state index in [1.807, 2.05) is 24.3 Å². The first-order valence-corrected chi connectivity index (χ1v) is 8.22. The van der Waals surface area contributed by atoms with Crippen molar-refractivity contribution in [3.63, 3.8) is 0 Å². The summed E-state index contributed by atoms with van der Waals surface area (Å²) in [6.45, 7) is 4.14. The first-order chi connectivity index (χ1) is 11.0. The smallest absolute Gasteiger partial charge is 0.261 e. The van der Waals surface area contributed by atoms with Gasteiger partial charge in [0.25, 0.3) is 5.91 Å². The van der Waals surface area contributed by atoms with E-state index in [2.05, 4.69) is 12.2 Å². The van der Waals surface area contributed by atoms with Crippen LogP contribution in [0.5, 0.6) is 5.75 Å². The van der Waals surface area contributed by atoms with Crippen LogP contribution < -0.4 is 10.1 Å². The molecule has 0 aliphatic rings. The lowest BCUT2D eigenvalue weighted by molar-refractivity contribution is -0.127. The number of carbonyl (C=O) groups excluding carboxylic acids is 1. The minimum absolute atomic E-state index is 0.199. The van der Waals surface area contributed by atoms with Gasteiger partial charge in [-0.2, -0.15) is 0 Å². The molecular formula is C18H19Cl2NO2. The Bertz CT molecular complexity index is 671. The third kappa shape index (κ3) is 5.15. The molecule has 0 saturated heterocycles. The fourth-order valence-corrected chi connectivity index (χ4v) is 2.53. The summed E-state index contributed by atoms with van der Waals surface area (Å²) < 4.78 is 5.65. The summed E-state index contributed by atoms with van der Waals surface area (Å²) in [6.07, 6.45) is 0.381. The van der Waals surface area contributed by atoms with Crippen LogP contribution in [0.2, 0.25) is 10.0 Å². The quantitative estimate of drug-likeness (QED) is 0.823. The maximum absolute atomic E-state index is 12.1. The zero-order valence-corrected chi connectivity index (χ0v) is 14.6. The van der Waals surface area contributed by atoms with Gasteiger partial charge in [-0.3, -0.25) is 4.79 Å². The van der Waals surface area contributed by atoms with Crippen LogP contribution in [0.3, 0.4) is 0 Å². The van der Waals surface area contributed by atoms with Crippen molar-refractivity contribution in [2.24, 2.45) is 0 Å². The van der Waals surface area contributed by atoms with Crippen molar-refractivity contribution in [2.75, 3.05) is 0 Å². The van der Waals surface area contributed by atoms with E-state index in [0.29, 0.717) is 22.3 Å². The standard InChI is InChI=1S/C18H19Cl2NO2/c1-3-13-4-8-16(9-5-13)23-12(2)18(22)21-11-14-6-7-15(19)10-17(14)20/h4-10,12H,3,11H2,1-2H3,(H,21,22). The van der Waals surface area contributed by atoms with Gasteiger partial charge in [-0.25, -0.2) is 0 Å². The SMILES string of the molecule is CCc1ccc(OC(C)C(=O)NCc2ccc(Cl)cc2Cl)cc1. The van der Waals surface area contributed by atoms with E-state index in [0.717, 1.165) is 12.0 Å². The number of hydrogen-bond acceptors (Lipinski definition) is 2. The molecule has 122 valence electrons. The highest BCUT2D eigenvalue weighted by Crippen LogP contribution is 2.21. The number of carbonyl (C=O) groups is 1. The fraction of sp³-hybridized carbons (Fsp3) is 0.278. The van der Waals surface area contributed by atoms with Gasteiger partial charge in [-0.15, -0.1) is 0 Å². The number of amides is 1. The number of aryl methyl sites for hydroxylation is 1. The summed E-state index contributed by atoms with van der Waals surface area (Å²) in [7, 11) is 0. The van der Waals surface area contributed by atoms with Crippen molar-refractivity contribution in [3.05, 3.63) is 63.6 Å². The number of benzene rings is 2. The van der Waals surface area contributed by atoms with E-state index in [1.54, 1.807) is 25.1 Å². The second-order valence-electron chi connectivity index (χ2n) is 5.21. The molecule has 5 heteroatoms. The average molecular weight is 352 g/mol. The van der Waals surface area contributed by atoms with Crippen LogP contribution in [0.25, 0.3) is 0 Å². The summed E-state index contributed by atoms with van der Waals surface area (Å²) in [5, 5.41) is 3.91. The van der Waals surface area contributed by atoms with Crippen LogP contribution in [0, 0.1) is 0 Å². The van der Waals surface area contributed by atoms with Crippen molar-refractivity contribution in [1.29, 1.82) is 0 Å². The van der Waals surface area contributed by atoms with Gasteiger partial charge >= 0.3 is 0 Å². The van der Waals surface area contributed by atoms with E-state index in [4.69, 9.17) is 27.9 Å². The summed E-state index contributed by atoms with van der Waals surface area (Å²) in [4.78, 5) is 12.1. The Kier molecular flexibility index (Phi) is 6.31. The van der Waals surface area contributed by atoms with Crippen molar-refractivity contribution >= 4 is 29.1 Å². The number of rotatable bonds is 6. The Morgan fingerprint density at radius 2 is 1.87 bits per heavy atom. The minimum atomic E-state index is -0.589. The highest BCUT2D eigenvalue weighted by atomic mass is 35.5. The Balaban J connectivity index is 1.89. The zero-order valence-electron chi connectivity index (χ0n) is 13.1. The van der Waals surface area contributed by atoms with Crippen molar-refractivity contribution in [3.8, 4) is 5.75 Å². The van der Waals surface area contributed by atoms with Gasteiger partial charge in [0.1, 0.15) is 5.75 Å². The van der Waals surface area contributed by atoms with Crippen LogP contribution in [0.1, 0.15) is 25.0 Å². The summed E-state index contributed by atoms with van der Waals surface area (Å²) in [5.41, 5.74) is 2.04. The van der Waals surface area contributed by atoms with Crippen LogP contribution in [-0.4, -0.2) is 12.0 Å². The first-order valence-electron chi connectivity index (χ1n) is 7.47. The van der Waals surface area contributed by atoms with Gasteiger partial charge < -0.3 is 10.1 Å². The summed E-state index contributed by atoms with van der Waals surface area (Å²) >= 11 is 11.9. The third-order valence-corrected chi connectivity index (χ3v) is 4.07. The number of ether oxygens (including phenoxy) is 1. The van der Waals surface area contributed by atoms with Gasteiger partial charge in [0.05, 0.1) is 0 Å². The lowest BCUT2D eigenvalue weighted by Crippen LogP contribution is -2.35. The second-order valence-corrected chi connectivity index (χ2v) is 6.05. The third-order valence-electron chi connectivity index (χ3n) is 3.48. The highest BCUT2D eigenvalue weighted by molar-refractivity contribution is 6.35. The zero-order chi connectivity index (χ0) is 16.8. The first kappa shape index (κ1) is 17.6. The van der Waals surface area contributed by atoms with E-state index in [1.165, 1.54) is 5.56 Å². The maximum Gasteiger partial charge on any atom is 0.261 e.